The van der Waals surface area contributed by atoms with E-state index in [2.05, 4.69) is 46.2 Å². The van der Waals surface area contributed by atoms with Crippen molar-refractivity contribution in [3.05, 3.63) is 70.7 Å². The summed E-state index contributed by atoms with van der Waals surface area (Å²) in [4.78, 5) is 26.9. The van der Waals surface area contributed by atoms with Gasteiger partial charge in [0.2, 0.25) is 0 Å². The molecular formula is C24H29ClN2O4. The zero-order valence-corrected chi connectivity index (χ0v) is 18.3. The van der Waals surface area contributed by atoms with Crippen molar-refractivity contribution in [1.82, 2.24) is 9.80 Å². The maximum atomic E-state index is 11.6. The van der Waals surface area contributed by atoms with E-state index >= 15 is 0 Å². The first-order valence-corrected chi connectivity index (χ1v) is 11.0. The zero-order chi connectivity index (χ0) is 22.1. The highest BCUT2D eigenvalue weighted by Crippen LogP contribution is 2.30. The number of Topliss-reactive ketones (excluding diaryl/α,β-unsaturated/α-hetero) is 1. The summed E-state index contributed by atoms with van der Waals surface area (Å²) in [5.41, 5.74) is 2.49. The number of piperazine rings is 1. The second kappa shape index (κ2) is 12.0. The summed E-state index contributed by atoms with van der Waals surface area (Å²) in [5, 5.41) is 9.35. The smallest absolute Gasteiger partial charge is 0.303 e. The third-order valence-electron chi connectivity index (χ3n) is 5.51. The number of rotatable bonds is 11. The maximum Gasteiger partial charge on any atom is 0.303 e. The van der Waals surface area contributed by atoms with E-state index < -0.39 is 5.97 Å². The second-order valence-electron chi connectivity index (χ2n) is 7.73. The molecule has 1 heterocycles. The molecule has 0 radical (unpaired) electrons. The number of benzene rings is 2. The van der Waals surface area contributed by atoms with Crippen LogP contribution in [0.3, 0.4) is 0 Å². The fourth-order valence-electron chi connectivity index (χ4n) is 3.84. The number of ether oxygens (including phenoxy) is 1. The van der Waals surface area contributed by atoms with Crippen LogP contribution in [-0.4, -0.2) is 72.6 Å². The number of hydrogen-bond donors (Lipinski definition) is 1. The predicted octanol–water partition coefficient (Wildman–Crippen LogP) is 3.50. The molecule has 1 unspecified atom stereocenters. The molecule has 0 saturated carbocycles. The van der Waals surface area contributed by atoms with Gasteiger partial charge < -0.3 is 9.84 Å². The van der Waals surface area contributed by atoms with E-state index in [9.17, 15) is 9.59 Å². The predicted molar refractivity (Wildman–Crippen MR) is 120 cm³/mol. The van der Waals surface area contributed by atoms with Crippen LogP contribution in [0.5, 0.6) is 0 Å². The summed E-state index contributed by atoms with van der Waals surface area (Å²) in [6.07, 6.45) is -0.111. The SMILES string of the molecule is O=C(O)CCC(=O)COCCN1CCN(C(c2ccccc2)c2ccc(Cl)cc2)CC1. The van der Waals surface area contributed by atoms with E-state index in [1.54, 1.807) is 0 Å². The van der Waals surface area contributed by atoms with E-state index in [0.29, 0.717) is 6.61 Å². The average Bonchev–Trinajstić information content (AvgIpc) is 2.78. The van der Waals surface area contributed by atoms with Gasteiger partial charge in [0.15, 0.2) is 5.78 Å². The minimum Gasteiger partial charge on any atom is -0.481 e. The van der Waals surface area contributed by atoms with E-state index in [1.165, 1.54) is 11.1 Å². The van der Waals surface area contributed by atoms with Crippen molar-refractivity contribution in [2.75, 3.05) is 45.9 Å². The van der Waals surface area contributed by atoms with Crippen LogP contribution in [0.25, 0.3) is 0 Å². The van der Waals surface area contributed by atoms with Crippen molar-refractivity contribution in [2.45, 2.75) is 18.9 Å². The van der Waals surface area contributed by atoms with Crippen molar-refractivity contribution in [1.29, 1.82) is 0 Å². The number of halogens is 1. The van der Waals surface area contributed by atoms with Crippen molar-refractivity contribution in [3.63, 3.8) is 0 Å². The van der Waals surface area contributed by atoms with Crippen LogP contribution in [0, 0.1) is 0 Å². The Bertz CT molecular complexity index is 836. The van der Waals surface area contributed by atoms with Gasteiger partial charge in [-0.3, -0.25) is 19.4 Å². The first-order chi connectivity index (χ1) is 15.0. The molecule has 1 saturated heterocycles. The molecule has 1 fully saturated rings. The molecule has 1 aliphatic heterocycles. The molecule has 7 heteroatoms. The Morgan fingerprint density at radius 1 is 0.935 bits per heavy atom. The molecule has 1 atom stereocenters. The van der Waals surface area contributed by atoms with Gasteiger partial charge in [-0.15, -0.1) is 0 Å². The quantitative estimate of drug-likeness (QED) is 0.535. The number of aliphatic carboxylic acids is 1. The first-order valence-electron chi connectivity index (χ1n) is 10.6. The van der Waals surface area contributed by atoms with E-state index in [4.69, 9.17) is 21.4 Å². The molecule has 0 bridgehead atoms. The number of carboxylic acids is 1. The molecule has 0 amide bonds. The molecule has 166 valence electrons. The molecule has 31 heavy (non-hydrogen) atoms. The van der Waals surface area contributed by atoms with Crippen LogP contribution in [-0.2, 0) is 14.3 Å². The standard InChI is InChI=1S/C24H29ClN2O4/c25-21-8-6-20(7-9-21)24(19-4-2-1-3-5-19)27-14-12-26(13-15-27)16-17-31-18-22(28)10-11-23(29)30/h1-9,24H,10-18H2,(H,29,30). The molecule has 0 aromatic heterocycles. The molecule has 2 aromatic carbocycles. The fourth-order valence-corrected chi connectivity index (χ4v) is 3.96. The van der Waals surface area contributed by atoms with Crippen LogP contribution < -0.4 is 0 Å². The summed E-state index contributed by atoms with van der Waals surface area (Å²) < 4.78 is 5.44. The highest BCUT2D eigenvalue weighted by atomic mass is 35.5. The molecule has 6 nitrogen and oxygen atoms in total. The summed E-state index contributed by atoms with van der Waals surface area (Å²) in [7, 11) is 0. The normalized spacial score (nSPS) is 16.2. The van der Waals surface area contributed by atoms with Gasteiger partial charge in [0, 0.05) is 44.2 Å². The van der Waals surface area contributed by atoms with Crippen molar-refractivity contribution in [3.8, 4) is 0 Å². The van der Waals surface area contributed by atoms with Gasteiger partial charge in [-0.05, 0) is 23.3 Å². The number of nitrogens with zero attached hydrogens (tertiary/aromatic N) is 2. The lowest BCUT2D eigenvalue weighted by Gasteiger charge is -2.39. The van der Waals surface area contributed by atoms with Crippen LogP contribution in [0.1, 0.15) is 30.0 Å². The minimum absolute atomic E-state index is 0.0140. The average molecular weight is 445 g/mol. The third kappa shape index (κ3) is 7.43. The van der Waals surface area contributed by atoms with Gasteiger partial charge in [-0.1, -0.05) is 54.1 Å². The van der Waals surface area contributed by atoms with Gasteiger partial charge in [-0.25, -0.2) is 0 Å². The van der Waals surface area contributed by atoms with E-state index in [-0.39, 0.29) is 31.3 Å². The monoisotopic (exact) mass is 444 g/mol. The van der Waals surface area contributed by atoms with Gasteiger partial charge in [0.25, 0.3) is 0 Å². The maximum absolute atomic E-state index is 11.6. The van der Waals surface area contributed by atoms with Gasteiger partial charge >= 0.3 is 5.97 Å². The Balaban J connectivity index is 1.49. The lowest BCUT2D eigenvalue weighted by molar-refractivity contribution is -0.139. The lowest BCUT2D eigenvalue weighted by Crippen LogP contribution is -2.48. The molecule has 0 aliphatic carbocycles. The molecular weight excluding hydrogens is 416 g/mol. The Hall–Kier alpha value is -2.25. The molecule has 1 aliphatic rings. The van der Waals surface area contributed by atoms with E-state index in [0.717, 1.165) is 37.7 Å². The molecule has 3 rings (SSSR count). The molecule has 1 N–H and O–H groups in total. The van der Waals surface area contributed by atoms with Gasteiger partial charge in [0.1, 0.15) is 6.61 Å². The number of carbonyl (C=O) groups is 2. The number of carbonyl (C=O) groups excluding carboxylic acids is 1. The highest BCUT2D eigenvalue weighted by molar-refractivity contribution is 6.30. The van der Waals surface area contributed by atoms with Crippen LogP contribution >= 0.6 is 11.6 Å². The van der Waals surface area contributed by atoms with Gasteiger partial charge in [0.05, 0.1) is 19.1 Å². The summed E-state index contributed by atoms with van der Waals surface area (Å²) >= 11 is 6.10. The topological polar surface area (TPSA) is 70.1 Å². The van der Waals surface area contributed by atoms with Crippen molar-refractivity contribution < 1.29 is 19.4 Å². The minimum atomic E-state index is -0.960. The number of carboxylic acid groups (broad SMARTS) is 1. The Kier molecular flexibility index (Phi) is 9.03. The van der Waals surface area contributed by atoms with Gasteiger partial charge in [-0.2, -0.15) is 0 Å². The fraction of sp³-hybridized carbons (Fsp3) is 0.417. The second-order valence-corrected chi connectivity index (χ2v) is 8.16. The van der Waals surface area contributed by atoms with Crippen molar-refractivity contribution in [2.24, 2.45) is 0 Å². The van der Waals surface area contributed by atoms with Crippen molar-refractivity contribution >= 4 is 23.4 Å². The Morgan fingerprint density at radius 3 is 2.23 bits per heavy atom. The number of ketones is 1. The molecule has 0 spiro atoms. The van der Waals surface area contributed by atoms with Crippen LogP contribution in [0.4, 0.5) is 0 Å². The summed E-state index contributed by atoms with van der Waals surface area (Å²) in [5.74, 6) is -1.13. The third-order valence-corrected chi connectivity index (χ3v) is 5.76. The zero-order valence-electron chi connectivity index (χ0n) is 17.6. The first kappa shape index (κ1) is 23.4. The molecule has 2 aromatic rings. The summed E-state index contributed by atoms with van der Waals surface area (Å²) in [6.45, 7) is 4.93. The number of hydrogen-bond acceptors (Lipinski definition) is 5. The van der Waals surface area contributed by atoms with Crippen LogP contribution in [0.2, 0.25) is 5.02 Å². The Labute approximate surface area is 188 Å². The largest absolute Gasteiger partial charge is 0.481 e. The summed E-state index contributed by atoms with van der Waals surface area (Å²) in [6, 6.07) is 18.8. The lowest BCUT2D eigenvalue weighted by atomic mass is 9.96. The van der Waals surface area contributed by atoms with E-state index in [1.807, 2.05) is 18.2 Å². The van der Waals surface area contributed by atoms with Crippen LogP contribution in [0.15, 0.2) is 54.6 Å². The Morgan fingerprint density at radius 2 is 1.58 bits per heavy atom. The highest BCUT2D eigenvalue weighted by Gasteiger charge is 2.26.